The van der Waals surface area contributed by atoms with Crippen molar-refractivity contribution in [2.45, 2.75) is 19.9 Å². The molecule has 0 atom stereocenters. The van der Waals surface area contributed by atoms with E-state index in [9.17, 15) is 0 Å². The molecule has 4 nitrogen and oxygen atoms in total. The highest BCUT2D eigenvalue weighted by atomic mass is 35.5. The normalized spacial score (nSPS) is 14.1. The molecule has 23 heavy (non-hydrogen) atoms. The highest BCUT2D eigenvalue weighted by Crippen LogP contribution is 2.25. The van der Waals surface area contributed by atoms with Crippen molar-refractivity contribution in [3.63, 3.8) is 0 Å². The van der Waals surface area contributed by atoms with E-state index in [-0.39, 0.29) is 0 Å². The number of hydrogen-bond donors (Lipinski definition) is 1. The first kappa shape index (κ1) is 15.8. The Morgan fingerprint density at radius 1 is 1.35 bits per heavy atom. The Labute approximate surface area is 141 Å². The van der Waals surface area contributed by atoms with Crippen LogP contribution in [0.1, 0.15) is 22.4 Å². The van der Waals surface area contributed by atoms with Crippen molar-refractivity contribution >= 4 is 17.4 Å². The summed E-state index contributed by atoms with van der Waals surface area (Å²) in [5.74, 6) is 0.674. The van der Waals surface area contributed by atoms with Gasteiger partial charge in [0.15, 0.2) is 0 Å². The Bertz CT molecular complexity index is 751. The number of fused-ring (bicyclic) bond motifs is 1. The van der Waals surface area contributed by atoms with Crippen molar-refractivity contribution in [1.82, 2.24) is 9.88 Å². The number of hydrogen-bond acceptors (Lipinski definition) is 4. The maximum atomic E-state index is 9.14. The van der Waals surface area contributed by atoms with Gasteiger partial charge in [0.1, 0.15) is 11.9 Å². The molecule has 0 fully saturated rings. The lowest BCUT2D eigenvalue weighted by Gasteiger charge is -2.29. The van der Waals surface area contributed by atoms with Crippen LogP contribution in [-0.2, 0) is 13.0 Å². The molecule has 0 radical (unpaired) electrons. The van der Waals surface area contributed by atoms with E-state index < -0.39 is 0 Å². The number of nitrogens with one attached hydrogen (secondary N) is 1. The summed E-state index contributed by atoms with van der Waals surface area (Å²) in [6, 6.07) is 12.0. The molecule has 5 heteroatoms. The van der Waals surface area contributed by atoms with E-state index in [1.54, 1.807) is 0 Å². The molecule has 1 aromatic heterocycles. The number of halogens is 1. The molecule has 1 N–H and O–H groups in total. The third-order valence-corrected chi connectivity index (χ3v) is 4.52. The predicted octanol–water partition coefficient (Wildman–Crippen LogP) is 3.39. The molecule has 3 rings (SSSR count). The maximum absolute atomic E-state index is 9.14. The minimum absolute atomic E-state index is 0.589. The summed E-state index contributed by atoms with van der Waals surface area (Å²) in [4.78, 5) is 6.80. The van der Waals surface area contributed by atoms with Crippen LogP contribution < -0.4 is 5.32 Å². The molecule has 0 spiro atoms. The van der Waals surface area contributed by atoms with Crippen LogP contribution in [-0.4, -0.2) is 29.5 Å². The van der Waals surface area contributed by atoms with Crippen LogP contribution in [0.2, 0.25) is 5.02 Å². The molecule has 0 saturated heterocycles. The Hall–Kier alpha value is -2.09. The molecular weight excluding hydrogens is 308 g/mol. The summed E-state index contributed by atoms with van der Waals surface area (Å²) in [5.41, 5.74) is 4.10. The molecule has 0 amide bonds. The number of anilines is 1. The van der Waals surface area contributed by atoms with Crippen LogP contribution in [0.3, 0.4) is 0 Å². The van der Waals surface area contributed by atoms with Crippen molar-refractivity contribution in [2.75, 3.05) is 25.0 Å². The van der Waals surface area contributed by atoms with Gasteiger partial charge in [0.25, 0.3) is 0 Å². The average Bonchev–Trinajstić information content (AvgIpc) is 2.55. The van der Waals surface area contributed by atoms with Gasteiger partial charge in [-0.2, -0.15) is 5.26 Å². The van der Waals surface area contributed by atoms with Crippen LogP contribution in [0.25, 0.3) is 0 Å². The Morgan fingerprint density at radius 3 is 3.04 bits per heavy atom. The fraction of sp³-hybridized carbons (Fsp3) is 0.333. The number of nitriles is 1. The zero-order valence-corrected chi connectivity index (χ0v) is 13.9. The quantitative estimate of drug-likeness (QED) is 0.935. The summed E-state index contributed by atoms with van der Waals surface area (Å²) in [5, 5.41) is 13.3. The Balaban J connectivity index is 1.58. The minimum atomic E-state index is 0.589. The van der Waals surface area contributed by atoms with Gasteiger partial charge in [-0.05, 0) is 42.7 Å². The second-order valence-electron chi connectivity index (χ2n) is 5.79. The SMILES string of the molecule is Cc1ccc(C#N)c(NCCN2CCc3c(Cl)cccc3C2)n1. The van der Waals surface area contributed by atoms with Gasteiger partial charge in [-0.3, -0.25) is 4.90 Å². The number of pyridine rings is 1. The van der Waals surface area contributed by atoms with E-state index in [0.717, 1.165) is 43.3 Å². The maximum Gasteiger partial charge on any atom is 0.144 e. The predicted molar refractivity (Wildman–Crippen MR) is 92.6 cm³/mol. The fourth-order valence-electron chi connectivity index (χ4n) is 2.93. The number of benzene rings is 1. The topological polar surface area (TPSA) is 52.0 Å². The Kier molecular flexibility index (Phi) is 4.80. The molecule has 0 saturated carbocycles. The van der Waals surface area contributed by atoms with Crippen LogP contribution in [0.5, 0.6) is 0 Å². The zero-order valence-electron chi connectivity index (χ0n) is 13.1. The number of aryl methyl sites for hydroxylation is 1. The van der Waals surface area contributed by atoms with Gasteiger partial charge in [0.05, 0.1) is 5.56 Å². The van der Waals surface area contributed by atoms with E-state index in [2.05, 4.69) is 27.3 Å². The largest absolute Gasteiger partial charge is 0.368 e. The third-order valence-electron chi connectivity index (χ3n) is 4.16. The van der Waals surface area contributed by atoms with Crippen molar-refractivity contribution in [3.8, 4) is 6.07 Å². The van der Waals surface area contributed by atoms with Gasteiger partial charge in [-0.15, -0.1) is 0 Å². The molecule has 1 aliphatic heterocycles. The first-order valence-electron chi connectivity index (χ1n) is 7.77. The summed E-state index contributed by atoms with van der Waals surface area (Å²) in [7, 11) is 0. The van der Waals surface area contributed by atoms with Crippen LogP contribution >= 0.6 is 11.6 Å². The third kappa shape index (κ3) is 3.64. The van der Waals surface area contributed by atoms with E-state index in [4.69, 9.17) is 16.9 Å². The fourth-order valence-corrected chi connectivity index (χ4v) is 3.21. The second kappa shape index (κ2) is 6.99. The van der Waals surface area contributed by atoms with Crippen molar-refractivity contribution in [1.29, 1.82) is 5.26 Å². The lowest BCUT2D eigenvalue weighted by Crippen LogP contribution is -2.34. The van der Waals surface area contributed by atoms with Gasteiger partial charge < -0.3 is 5.32 Å². The Morgan fingerprint density at radius 2 is 2.22 bits per heavy atom. The van der Waals surface area contributed by atoms with Crippen LogP contribution in [0.15, 0.2) is 30.3 Å². The molecule has 2 aromatic rings. The highest BCUT2D eigenvalue weighted by molar-refractivity contribution is 6.31. The first-order valence-corrected chi connectivity index (χ1v) is 8.15. The van der Waals surface area contributed by atoms with E-state index in [1.807, 2.05) is 31.2 Å². The number of rotatable bonds is 4. The summed E-state index contributed by atoms with van der Waals surface area (Å²) < 4.78 is 0. The second-order valence-corrected chi connectivity index (χ2v) is 6.20. The van der Waals surface area contributed by atoms with Gasteiger partial charge in [-0.1, -0.05) is 23.7 Å². The summed E-state index contributed by atoms with van der Waals surface area (Å²) >= 11 is 6.25. The number of nitrogens with zero attached hydrogens (tertiary/aromatic N) is 3. The average molecular weight is 327 g/mol. The molecule has 0 unspecified atom stereocenters. The molecule has 0 aliphatic carbocycles. The smallest absolute Gasteiger partial charge is 0.144 e. The summed E-state index contributed by atoms with van der Waals surface area (Å²) in [6.45, 7) is 5.53. The van der Waals surface area contributed by atoms with E-state index in [0.29, 0.717) is 11.4 Å². The van der Waals surface area contributed by atoms with Gasteiger partial charge in [-0.25, -0.2) is 4.98 Å². The monoisotopic (exact) mass is 326 g/mol. The standard InChI is InChI=1S/C18H19ClN4/c1-13-5-6-14(11-20)18(22-13)21-8-10-23-9-7-16-15(12-23)3-2-4-17(16)19/h2-6H,7-10,12H2,1H3,(H,21,22). The molecule has 118 valence electrons. The molecular formula is C18H19ClN4. The van der Waals surface area contributed by atoms with Gasteiger partial charge in [0.2, 0.25) is 0 Å². The first-order chi connectivity index (χ1) is 11.2. The van der Waals surface area contributed by atoms with Gasteiger partial charge in [0, 0.05) is 36.9 Å². The molecule has 1 aromatic carbocycles. The lowest BCUT2D eigenvalue weighted by molar-refractivity contribution is 0.264. The van der Waals surface area contributed by atoms with Crippen LogP contribution in [0.4, 0.5) is 5.82 Å². The lowest BCUT2D eigenvalue weighted by atomic mass is 10.00. The highest BCUT2D eigenvalue weighted by Gasteiger charge is 2.17. The molecule has 2 heterocycles. The van der Waals surface area contributed by atoms with Crippen LogP contribution in [0, 0.1) is 18.3 Å². The van der Waals surface area contributed by atoms with E-state index in [1.165, 1.54) is 11.1 Å². The van der Waals surface area contributed by atoms with Crippen molar-refractivity contribution in [3.05, 3.63) is 57.7 Å². The zero-order chi connectivity index (χ0) is 16.2. The van der Waals surface area contributed by atoms with Crippen molar-refractivity contribution < 1.29 is 0 Å². The minimum Gasteiger partial charge on any atom is -0.368 e. The number of aromatic nitrogens is 1. The van der Waals surface area contributed by atoms with Gasteiger partial charge >= 0.3 is 0 Å². The molecule has 0 bridgehead atoms. The summed E-state index contributed by atoms with van der Waals surface area (Å²) in [6.07, 6.45) is 0.987. The van der Waals surface area contributed by atoms with Crippen molar-refractivity contribution in [2.24, 2.45) is 0 Å². The van der Waals surface area contributed by atoms with E-state index >= 15 is 0 Å². The molecule has 1 aliphatic rings.